The fourth-order valence-corrected chi connectivity index (χ4v) is 2.83. The van der Waals surface area contributed by atoms with E-state index in [1.165, 1.54) is 6.07 Å². The van der Waals surface area contributed by atoms with E-state index in [1.54, 1.807) is 26.8 Å². The Kier molecular flexibility index (Phi) is 1.93. The van der Waals surface area contributed by atoms with Crippen molar-refractivity contribution in [1.82, 2.24) is 10.6 Å². The summed E-state index contributed by atoms with van der Waals surface area (Å²) in [7, 11) is 0. The van der Waals surface area contributed by atoms with Gasteiger partial charge >= 0.3 is 0 Å². The molecular formula is C11H12N4O3. The van der Waals surface area contributed by atoms with Gasteiger partial charge in [-0.05, 0) is 6.92 Å². The van der Waals surface area contributed by atoms with Crippen LogP contribution in [0.4, 0.5) is 0 Å². The molecular weight excluding hydrogens is 236 g/mol. The van der Waals surface area contributed by atoms with Gasteiger partial charge < -0.3 is 15.7 Å². The number of hydrogen-bond acceptors (Lipinski definition) is 5. The number of nitriles is 2. The summed E-state index contributed by atoms with van der Waals surface area (Å²) in [5, 5.41) is 33.6. The molecule has 2 fully saturated rings. The molecule has 0 spiro atoms. The van der Waals surface area contributed by atoms with Gasteiger partial charge in [-0.25, -0.2) is 0 Å². The summed E-state index contributed by atoms with van der Waals surface area (Å²) in [5.74, 6) is -1.85. The third-order valence-electron chi connectivity index (χ3n) is 4.46. The minimum atomic E-state index is -2.70. The smallest absolute Gasteiger partial charge is 0.271 e. The van der Waals surface area contributed by atoms with Crippen molar-refractivity contribution in [1.29, 1.82) is 10.5 Å². The molecule has 0 aromatic carbocycles. The van der Waals surface area contributed by atoms with Crippen LogP contribution >= 0.6 is 0 Å². The Morgan fingerprint density at radius 2 is 1.56 bits per heavy atom. The molecule has 2 bridgehead atoms. The average molecular weight is 248 g/mol. The summed E-state index contributed by atoms with van der Waals surface area (Å²) in [6.07, 6.45) is 0. The molecule has 0 aromatic rings. The lowest BCUT2D eigenvalue weighted by molar-refractivity contribution is -0.169. The van der Waals surface area contributed by atoms with Gasteiger partial charge in [-0.15, -0.1) is 0 Å². The largest absolute Gasteiger partial charge is 0.366 e. The van der Waals surface area contributed by atoms with Crippen molar-refractivity contribution >= 4 is 11.8 Å². The highest BCUT2D eigenvalue weighted by Gasteiger charge is 2.81. The first kappa shape index (κ1) is 12.3. The van der Waals surface area contributed by atoms with E-state index in [4.69, 9.17) is 5.26 Å². The number of fused-ring (bicyclic) bond motifs is 2. The first-order valence-corrected chi connectivity index (χ1v) is 5.33. The number of nitrogens with zero attached hydrogens (tertiary/aromatic N) is 2. The number of aliphatic hydroxyl groups is 1. The molecule has 2 aliphatic heterocycles. The van der Waals surface area contributed by atoms with Crippen molar-refractivity contribution in [2.45, 2.75) is 32.0 Å². The second kappa shape index (κ2) is 2.82. The van der Waals surface area contributed by atoms with Crippen LogP contribution in [0.3, 0.4) is 0 Å². The molecule has 0 aliphatic carbocycles. The van der Waals surface area contributed by atoms with Crippen molar-refractivity contribution in [2.24, 2.45) is 10.8 Å². The lowest BCUT2D eigenvalue weighted by Gasteiger charge is -2.51. The number of carbonyl (C=O) groups is 2. The van der Waals surface area contributed by atoms with Crippen molar-refractivity contribution in [2.75, 3.05) is 0 Å². The molecule has 2 saturated heterocycles. The van der Waals surface area contributed by atoms with Gasteiger partial charge in [0.2, 0.25) is 5.91 Å². The fraction of sp³-hybridized carbons (Fsp3) is 0.636. The summed E-state index contributed by atoms with van der Waals surface area (Å²) < 4.78 is 0. The minimum Gasteiger partial charge on any atom is -0.366 e. The Labute approximate surface area is 103 Å². The van der Waals surface area contributed by atoms with Gasteiger partial charge in [-0.2, -0.15) is 10.5 Å². The summed E-state index contributed by atoms with van der Waals surface area (Å²) in [4.78, 5) is 24.0. The molecule has 0 saturated carbocycles. The maximum atomic E-state index is 12.1. The van der Waals surface area contributed by atoms with Crippen LogP contribution in [0.25, 0.3) is 0 Å². The van der Waals surface area contributed by atoms with Crippen LogP contribution in [0.15, 0.2) is 0 Å². The molecule has 2 heterocycles. The van der Waals surface area contributed by atoms with Crippen molar-refractivity contribution in [3.05, 3.63) is 0 Å². The summed E-state index contributed by atoms with van der Waals surface area (Å²) in [5.41, 5.74) is -7.17. The molecule has 0 aromatic heterocycles. The quantitative estimate of drug-likeness (QED) is 0.462. The van der Waals surface area contributed by atoms with Gasteiger partial charge in [-0.1, -0.05) is 13.8 Å². The molecule has 0 radical (unpaired) electrons. The van der Waals surface area contributed by atoms with Crippen molar-refractivity contribution in [3.8, 4) is 12.1 Å². The van der Waals surface area contributed by atoms with Gasteiger partial charge in [0.15, 0.2) is 5.41 Å². The highest BCUT2D eigenvalue weighted by Crippen LogP contribution is 2.59. The van der Waals surface area contributed by atoms with E-state index in [9.17, 15) is 20.0 Å². The van der Waals surface area contributed by atoms with Gasteiger partial charge in [0.1, 0.15) is 11.7 Å². The SMILES string of the molecule is CC12NC(=O)C(O)(C#N)C(C#N)(C(=O)N1)C2(C)C. The zero-order chi connectivity index (χ0) is 14.0. The number of amides is 2. The average Bonchev–Trinajstić information content (AvgIpc) is 2.37. The number of nitrogens with one attached hydrogen (secondary N) is 2. The third kappa shape index (κ3) is 0.823. The summed E-state index contributed by atoms with van der Waals surface area (Å²) >= 11 is 0. The first-order chi connectivity index (χ1) is 8.13. The second-order valence-electron chi connectivity index (χ2n) is 5.34. The molecule has 3 N–H and O–H groups in total. The van der Waals surface area contributed by atoms with Crippen molar-refractivity contribution < 1.29 is 14.7 Å². The Hall–Kier alpha value is -2.12. The normalized spacial score (nSPS) is 44.6. The molecule has 2 rings (SSSR count). The van der Waals surface area contributed by atoms with E-state index >= 15 is 0 Å². The Bertz CT molecular complexity index is 558. The molecule has 2 aliphatic rings. The molecule has 7 nitrogen and oxygen atoms in total. The molecule has 3 unspecified atom stereocenters. The van der Waals surface area contributed by atoms with Crippen LogP contribution in [-0.4, -0.2) is 28.2 Å². The zero-order valence-corrected chi connectivity index (χ0v) is 10.2. The predicted octanol–water partition coefficient (Wildman–Crippen LogP) is -1.25. The van der Waals surface area contributed by atoms with E-state index in [-0.39, 0.29) is 0 Å². The maximum absolute atomic E-state index is 12.1. The first-order valence-electron chi connectivity index (χ1n) is 5.33. The van der Waals surface area contributed by atoms with Gasteiger partial charge in [0, 0.05) is 5.41 Å². The lowest BCUT2D eigenvalue weighted by atomic mass is 9.53. The summed E-state index contributed by atoms with van der Waals surface area (Å²) in [6, 6.07) is 3.11. The Morgan fingerprint density at radius 1 is 1.06 bits per heavy atom. The highest BCUT2D eigenvalue weighted by molar-refractivity contribution is 6.05. The molecule has 7 heteroatoms. The van der Waals surface area contributed by atoms with Crippen LogP contribution in [0, 0.1) is 33.5 Å². The van der Waals surface area contributed by atoms with Gasteiger partial charge in [0.25, 0.3) is 11.5 Å². The number of rotatable bonds is 0. The standard InChI is InChI=1S/C11H12N4O3/c1-8(2)9(3)14-6(16)10(8,4-12)11(18,5-13)7(17)15-9/h18H,1-3H3,(H,14,16)(H,15,17). The molecule has 18 heavy (non-hydrogen) atoms. The zero-order valence-electron chi connectivity index (χ0n) is 10.2. The molecule has 2 amide bonds. The molecule has 3 atom stereocenters. The Morgan fingerprint density at radius 3 is 2.00 bits per heavy atom. The van der Waals surface area contributed by atoms with E-state index in [0.717, 1.165) is 0 Å². The van der Waals surface area contributed by atoms with E-state index in [1.807, 2.05) is 0 Å². The van der Waals surface area contributed by atoms with Crippen LogP contribution in [0.5, 0.6) is 0 Å². The molecule has 94 valence electrons. The van der Waals surface area contributed by atoms with Crippen LogP contribution in [0.2, 0.25) is 0 Å². The van der Waals surface area contributed by atoms with Crippen LogP contribution in [0.1, 0.15) is 20.8 Å². The van der Waals surface area contributed by atoms with Crippen LogP contribution in [-0.2, 0) is 9.59 Å². The van der Waals surface area contributed by atoms with Crippen LogP contribution < -0.4 is 10.6 Å². The van der Waals surface area contributed by atoms with Gasteiger partial charge in [0.05, 0.1) is 6.07 Å². The highest BCUT2D eigenvalue weighted by atomic mass is 16.3. The van der Waals surface area contributed by atoms with E-state index in [0.29, 0.717) is 0 Å². The lowest BCUT2D eigenvalue weighted by Crippen LogP contribution is -2.75. The number of hydrogen-bond donors (Lipinski definition) is 3. The fourth-order valence-electron chi connectivity index (χ4n) is 2.83. The summed E-state index contributed by atoms with van der Waals surface area (Å²) in [6.45, 7) is 4.64. The Balaban J connectivity index is 2.88. The third-order valence-corrected chi connectivity index (χ3v) is 4.46. The van der Waals surface area contributed by atoms with E-state index < -0.39 is 33.9 Å². The van der Waals surface area contributed by atoms with Crippen molar-refractivity contribution in [3.63, 3.8) is 0 Å². The predicted molar refractivity (Wildman–Crippen MR) is 57.1 cm³/mol. The number of carbonyl (C=O) groups excluding carboxylic acids is 2. The minimum absolute atomic E-state index is 0.820. The monoisotopic (exact) mass is 248 g/mol. The van der Waals surface area contributed by atoms with E-state index in [2.05, 4.69) is 10.6 Å². The second-order valence-corrected chi connectivity index (χ2v) is 5.34. The topological polar surface area (TPSA) is 126 Å². The number of piperidine rings is 1. The maximum Gasteiger partial charge on any atom is 0.271 e. The van der Waals surface area contributed by atoms with Gasteiger partial charge in [-0.3, -0.25) is 9.59 Å².